The number of rotatable bonds is 6. The Kier molecular flexibility index (Phi) is 6.18. The predicted octanol–water partition coefficient (Wildman–Crippen LogP) is 1.64. The highest BCUT2D eigenvalue weighted by atomic mass is 35.5. The van der Waals surface area contributed by atoms with Gasteiger partial charge in [-0.1, -0.05) is 23.7 Å². The summed E-state index contributed by atoms with van der Waals surface area (Å²) >= 11 is 6.00. The Morgan fingerprint density at radius 2 is 1.80 bits per heavy atom. The molecule has 2 rings (SSSR count). The number of anilines is 1. The van der Waals surface area contributed by atoms with E-state index in [0.29, 0.717) is 10.7 Å². The summed E-state index contributed by atoms with van der Waals surface area (Å²) in [6.07, 6.45) is 0. The normalized spacial score (nSPS) is 13.9. The van der Waals surface area contributed by atoms with Gasteiger partial charge in [0.05, 0.1) is 4.90 Å². The molecule has 25 heavy (non-hydrogen) atoms. The first-order valence-corrected chi connectivity index (χ1v) is 9.63. The van der Waals surface area contributed by atoms with Crippen molar-refractivity contribution in [1.29, 1.82) is 0 Å². The van der Waals surface area contributed by atoms with Crippen molar-refractivity contribution in [2.45, 2.75) is 30.8 Å². The molecule has 0 aliphatic heterocycles. The van der Waals surface area contributed by atoms with E-state index in [2.05, 4.69) is 5.32 Å². The lowest BCUT2D eigenvalue weighted by atomic mass is 10.1. The number of primary sulfonamides is 1. The number of benzene rings is 2. The van der Waals surface area contributed by atoms with Crippen molar-refractivity contribution in [3.8, 4) is 0 Å². The molecule has 0 spiro atoms. The van der Waals surface area contributed by atoms with Gasteiger partial charge in [-0.15, -0.1) is 0 Å². The standard InChI is InChI=1S/C17H20ClN3O3S/c1-11(13-4-3-5-14(18)10-13)20-12(2)17(22)21-15-6-8-16(9-7-15)25(19,23)24/h3-12,20H,1-2H3,(H,21,22)(H2,19,23,24)/p+1/t11-,12-/m1/s1. The molecular formula is C17H21ClN3O3S+. The minimum atomic E-state index is -3.74. The van der Waals surface area contributed by atoms with Crippen LogP contribution in [-0.2, 0) is 14.8 Å². The van der Waals surface area contributed by atoms with Crippen molar-refractivity contribution in [3.05, 3.63) is 59.1 Å². The number of sulfonamides is 1. The van der Waals surface area contributed by atoms with Gasteiger partial charge in [0.15, 0.2) is 6.04 Å². The lowest BCUT2D eigenvalue weighted by Gasteiger charge is -2.17. The van der Waals surface area contributed by atoms with E-state index in [9.17, 15) is 13.2 Å². The smallest absolute Gasteiger partial charge is 0.282 e. The van der Waals surface area contributed by atoms with Crippen LogP contribution in [0.4, 0.5) is 5.69 Å². The van der Waals surface area contributed by atoms with Gasteiger partial charge in [0.25, 0.3) is 5.91 Å². The molecule has 2 aromatic carbocycles. The molecule has 0 radical (unpaired) electrons. The number of hydrogen-bond acceptors (Lipinski definition) is 3. The van der Waals surface area contributed by atoms with Crippen molar-refractivity contribution in [2.24, 2.45) is 5.14 Å². The van der Waals surface area contributed by atoms with E-state index in [1.54, 1.807) is 13.0 Å². The zero-order valence-corrected chi connectivity index (χ0v) is 15.5. The van der Waals surface area contributed by atoms with Gasteiger partial charge in [0, 0.05) is 16.3 Å². The molecule has 2 aromatic rings. The van der Waals surface area contributed by atoms with Crippen LogP contribution in [0.15, 0.2) is 53.4 Å². The number of halogens is 1. The average molecular weight is 383 g/mol. The van der Waals surface area contributed by atoms with Gasteiger partial charge in [-0.3, -0.25) is 4.79 Å². The summed E-state index contributed by atoms with van der Waals surface area (Å²) in [6, 6.07) is 13.0. The molecule has 0 aromatic heterocycles. The maximum atomic E-state index is 12.3. The second-order valence-electron chi connectivity index (χ2n) is 5.88. The van der Waals surface area contributed by atoms with E-state index in [1.807, 2.05) is 30.4 Å². The van der Waals surface area contributed by atoms with Crippen LogP contribution in [0, 0.1) is 0 Å². The highest BCUT2D eigenvalue weighted by Crippen LogP contribution is 2.15. The Morgan fingerprint density at radius 1 is 1.16 bits per heavy atom. The Morgan fingerprint density at radius 3 is 2.36 bits per heavy atom. The number of nitrogens with one attached hydrogen (secondary N) is 1. The van der Waals surface area contributed by atoms with Crippen LogP contribution in [0.2, 0.25) is 5.02 Å². The fraction of sp³-hybridized carbons (Fsp3) is 0.235. The zero-order chi connectivity index (χ0) is 18.6. The van der Waals surface area contributed by atoms with E-state index in [0.717, 1.165) is 5.56 Å². The minimum Gasteiger partial charge on any atom is -0.330 e. The summed E-state index contributed by atoms with van der Waals surface area (Å²) in [5.74, 6) is -0.183. The van der Waals surface area contributed by atoms with Gasteiger partial charge < -0.3 is 10.6 Å². The Hall–Kier alpha value is -1.93. The highest BCUT2D eigenvalue weighted by Gasteiger charge is 2.20. The van der Waals surface area contributed by atoms with Gasteiger partial charge in [-0.25, -0.2) is 13.6 Å². The third kappa shape index (κ3) is 5.54. The number of nitrogens with two attached hydrogens (primary N) is 2. The van der Waals surface area contributed by atoms with Crippen LogP contribution >= 0.6 is 11.6 Å². The van der Waals surface area contributed by atoms with E-state index in [1.165, 1.54) is 24.3 Å². The number of amides is 1. The van der Waals surface area contributed by atoms with Gasteiger partial charge in [0.2, 0.25) is 10.0 Å². The molecule has 2 atom stereocenters. The van der Waals surface area contributed by atoms with Crippen molar-refractivity contribution in [1.82, 2.24) is 0 Å². The van der Waals surface area contributed by atoms with Crippen LogP contribution in [0.1, 0.15) is 25.5 Å². The average Bonchev–Trinajstić information content (AvgIpc) is 2.54. The number of quaternary nitrogens is 1. The van der Waals surface area contributed by atoms with Gasteiger partial charge in [-0.2, -0.15) is 0 Å². The second-order valence-corrected chi connectivity index (χ2v) is 7.88. The minimum absolute atomic E-state index is 0.000288. The second kappa shape index (κ2) is 7.97. The van der Waals surface area contributed by atoms with E-state index < -0.39 is 10.0 Å². The molecule has 6 nitrogen and oxygen atoms in total. The summed E-state index contributed by atoms with van der Waals surface area (Å²) in [5, 5.41) is 10.4. The number of carbonyl (C=O) groups excluding carboxylic acids is 1. The molecule has 0 aliphatic rings. The quantitative estimate of drug-likeness (QED) is 0.707. The first kappa shape index (κ1) is 19.4. The molecule has 0 saturated heterocycles. The third-order valence-corrected chi connectivity index (χ3v) is 4.98. The summed E-state index contributed by atoms with van der Waals surface area (Å²) in [7, 11) is -3.74. The molecule has 0 aliphatic carbocycles. The SMILES string of the molecule is C[C@@H]([NH2+][C@H](C)c1cccc(Cl)c1)C(=O)Nc1ccc(S(N)(=O)=O)cc1. The summed E-state index contributed by atoms with van der Waals surface area (Å²) in [4.78, 5) is 12.3. The largest absolute Gasteiger partial charge is 0.330 e. The zero-order valence-electron chi connectivity index (χ0n) is 13.9. The Labute approximate surface area is 152 Å². The fourth-order valence-electron chi connectivity index (χ4n) is 2.41. The van der Waals surface area contributed by atoms with Crippen LogP contribution in [0.3, 0.4) is 0 Å². The first-order valence-electron chi connectivity index (χ1n) is 7.71. The summed E-state index contributed by atoms with van der Waals surface area (Å²) in [5.41, 5.74) is 1.54. The number of hydrogen-bond donors (Lipinski definition) is 3. The molecule has 0 heterocycles. The molecule has 0 unspecified atom stereocenters. The maximum absolute atomic E-state index is 12.3. The first-order chi connectivity index (χ1) is 11.7. The molecular weight excluding hydrogens is 362 g/mol. The molecule has 0 fully saturated rings. The van der Waals surface area contributed by atoms with Gasteiger partial charge in [-0.05, 0) is 50.2 Å². The lowest BCUT2D eigenvalue weighted by Crippen LogP contribution is -2.91. The van der Waals surface area contributed by atoms with Crippen LogP contribution in [0.25, 0.3) is 0 Å². The maximum Gasteiger partial charge on any atom is 0.282 e. The Balaban J connectivity index is 1.98. The van der Waals surface area contributed by atoms with Crippen molar-refractivity contribution in [3.63, 3.8) is 0 Å². The third-order valence-electron chi connectivity index (χ3n) is 3.82. The molecule has 134 valence electrons. The Bertz CT molecular complexity index is 854. The van der Waals surface area contributed by atoms with Crippen LogP contribution in [0.5, 0.6) is 0 Å². The molecule has 1 amide bonds. The van der Waals surface area contributed by atoms with Crippen molar-refractivity contribution in [2.75, 3.05) is 5.32 Å². The topological polar surface area (TPSA) is 106 Å². The van der Waals surface area contributed by atoms with Crippen molar-refractivity contribution >= 4 is 33.2 Å². The summed E-state index contributed by atoms with van der Waals surface area (Å²) in [6.45, 7) is 3.80. The van der Waals surface area contributed by atoms with E-state index >= 15 is 0 Å². The predicted molar refractivity (Wildman–Crippen MR) is 97.7 cm³/mol. The monoisotopic (exact) mass is 382 g/mol. The van der Waals surface area contributed by atoms with E-state index in [4.69, 9.17) is 16.7 Å². The summed E-state index contributed by atoms with van der Waals surface area (Å²) < 4.78 is 22.5. The molecule has 8 heteroatoms. The molecule has 5 N–H and O–H groups in total. The molecule has 0 bridgehead atoms. The van der Waals surface area contributed by atoms with Crippen LogP contribution in [-0.4, -0.2) is 20.4 Å². The van der Waals surface area contributed by atoms with Gasteiger partial charge >= 0.3 is 0 Å². The van der Waals surface area contributed by atoms with E-state index in [-0.39, 0.29) is 22.9 Å². The van der Waals surface area contributed by atoms with Crippen LogP contribution < -0.4 is 15.8 Å². The fourth-order valence-corrected chi connectivity index (χ4v) is 3.12. The van der Waals surface area contributed by atoms with Gasteiger partial charge in [0.1, 0.15) is 6.04 Å². The lowest BCUT2D eigenvalue weighted by molar-refractivity contribution is -0.709. The number of carbonyl (C=O) groups is 1. The molecule has 0 saturated carbocycles. The highest BCUT2D eigenvalue weighted by molar-refractivity contribution is 7.89. The van der Waals surface area contributed by atoms with Crippen molar-refractivity contribution < 1.29 is 18.5 Å².